The van der Waals surface area contributed by atoms with Crippen LogP contribution in [0.15, 0.2) is 91.0 Å². The van der Waals surface area contributed by atoms with Crippen molar-refractivity contribution in [2.75, 3.05) is 6.54 Å². The summed E-state index contributed by atoms with van der Waals surface area (Å²) in [6, 6.07) is 33.2. The van der Waals surface area contributed by atoms with Gasteiger partial charge in [-0.1, -0.05) is 91.0 Å². The molecule has 0 bridgehead atoms. The Labute approximate surface area is 144 Å². The number of nitrogens with one attached hydrogen (secondary N) is 1. The van der Waals surface area contributed by atoms with Crippen LogP contribution in [0, 0.1) is 0 Å². The molecule has 0 unspecified atom stereocenters. The molecule has 3 aromatic rings. The van der Waals surface area contributed by atoms with Gasteiger partial charge >= 0.3 is 0 Å². The minimum absolute atomic E-state index is 0.427. The number of hydrogen-bond donors (Lipinski definition) is 1. The molecular weight excluding hydrogens is 290 g/mol. The molecule has 0 radical (unpaired) electrons. The Morgan fingerprint density at radius 2 is 1.00 bits per heavy atom. The van der Waals surface area contributed by atoms with Crippen molar-refractivity contribution >= 4 is 0 Å². The Morgan fingerprint density at radius 3 is 1.54 bits per heavy atom. The van der Waals surface area contributed by atoms with Crippen LogP contribution in [0.4, 0.5) is 0 Å². The first-order valence-corrected chi connectivity index (χ1v) is 8.80. The summed E-state index contributed by atoms with van der Waals surface area (Å²) in [6.45, 7) is 1.02. The summed E-state index contributed by atoms with van der Waals surface area (Å²) in [6.07, 6.45) is 1.13. The second-order valence-electron chi connectivity index (χ2n) is 6.64. The third-order valence-electron chi connectivity index (χ3n) is 5.22. The van der Waals surface area contributed by atoms with Gasteiger partial charge in [-0.15, -0.1) is 0 Å². The number of benzene rings is 3. The van der Waals surface area contributed by atoms with Gasteiger partial charge < -0.3 is 5.32 Å². The minimum atomic E-state index is 0.427. The molecule has 0 spiro atoms. The van der Waals surface area contributed by atoms with Crippen LogP contribution in [0.1, 0.15) is 41.0 Å². The quantitative estimate of drug-likeness (QED) is 0.693. The van der Waals surface area contributed by atoms with Crippen molar-refractivity contribution in [3.63, 3.8) is 0 Å². The molecule has 0 amide bonds. The van der Waals surface area contributed by atoms with E-state index in [9.17, 15) is 0 Å². The predicted molar refractivity (Wildman–Crippen MR) is 100 cm³/mol. The smallest absolute Gasteiger partial charge is 0.0326 e. The average Bonchev–Trinajstić information content (AvgIpc) is 2.69. The van der Waals surface area contributed by atoms with Crippen LogP contribution in [0.5, 0.6) is 0 Å². The fourth-order valence-corrected chi connectivity index (χ4v) is 3.97. The van der Waals surface area contributed by atoms with Crippen molar-refractivity contribution < 1.29 is 0 Å². The molecule has 0 aliphatic carbocycles. The van der Waals surface area contributed by atoms with Crippen molar-refractivity contribution in [2.24, 2.45) is 0 Å². The van der Waals surface area contributed by atoms with Crippen LogP contribution in [-0.4, -0.2) is 6.54 Å². The molecule has 3 aromatic carbocycles. The maximum Gasteiger partial charge on any atom is 0.0326 e. The van der Waals surface area contributed by atoms with Gasteiger partial charge in [-0.3, -0.25) is 0 Å². The molecular formula is C23H23N. The molecule has 3 atom stereocenters. The Kier molecular flexibility index (Phi) is 4.44. The highest BCUT2D eigenvalue weighted by molar-refractivity contribution is 5.32. The van der Waals surface area contributed by atoms with E-state index in [4.69, 9.17) is 0 Å². The lowest BCUT2D eigenvalue weighted by Crippen LogP contribution is -2.36. The summed E-state index contributed by atoms with van der Waals surface area (Å²) in [7, 11) is 0. The molecule has 0 aromatic heterocycles. The molecule has 1 heterocycles. The van der Waals surface area contributed by atoms with E-state index in [0.29, 0.717) is 17.9 Å². The standard InChI is InChI=1S/C23H23N/c1-4-10-18(11-5-1)21-16-23(20-14-8-3-9-15-20)24-17-22(21)19-12-6-2-7-13-19/h1-15,21-24H,16-17H2/t21-,22-,23+/m0/s1. The highest BCUT2D eigenvalue weighted by Gasteiger charge is 2.32. The molecule has 0 saturated carbocycles. The molecule has 1 N–H and O–H groups in total. The summed E-state index contributed by atoms with van der Waals surface area (Å²) in [4.78, 5) is 0. The van der Waals surface area contributed by atoms with Crippen LogP contribution in [0.2, 0.25) is 0 Å². The van der Waals surface area contributed by atoms with Crippen LogP contribution in [0.25, 0.3) is 0 Å². The minimum Gasteiger partial charge on any atom is -0.309 e. The SMILES string of the molecule is c1ccc([C@H]2C[C@@H](c3ccccc3)[C@H](c3ccccc3)CN2)cc1. The van der Waals surface area contributed by atoms with Gasteiger partial charge in [0.15, 0.2) is 0 Å². The van der Waals surface area contributed by atoms with E-state index in [1.165, 1.54) is 16.7 Å². The van der Waals surface area contributed by atoms with Crippen molar-refractivity contribution in [3.05, 3.63) is 108 Å². The highest BCUT2D eigenvalue weighted by Crippen LogP contribution is 2.42. The molecule has 1 aliphatic heterocycles. The molecule has 1 nitrogen and oxygen atoms in total. The molecule has 1 saturated heterocycles. The monoisotopic (exact) mass is 313 g/mol. The summed E-state index contributed by atoms with van der Waals surface area (Å²) >= 11 is 0. The van der Waals surface area contributed by atoms with E-state index in [1.807, 2.05) is 0 Å². The van der Waals surface area contributed by atoms with Gasteiger partial charge in [0.2, 0.25) is 0 Å². The van der Waals surface area contributed by atoms with Crippen molar-refractivity contribution in [3.8, 4) is 0 Å². The average molecular weight is 313 g/mol. The third-order valence-corrected chi connectivity index (χ3v) is 5.22. The summed E-state index contributed by atoms with van der Waals surface area (Å²) in [5.74, 6) is 1.06. The van der Waals surface area contributed by atoms with Gasteiger partial charge in [0.25, 0.3) is 0 Å². The number of piperidine rings is 1. The first-order chi connectivity index (χ1) is 11.9. The highest BCUT2D eigenvalue weighted by atomic mass is 14.9. The summed E-state index contributed by atoms with van der Waals surface area (Å²) < 4.78 is 0. The fraction of sp³-hybridized carbons (Fsp3) is 0.217. The Balaban J connectivity index is 1.67. The van der Waals surface area contributed by atoms with Crippen molar-refractivity contribution in [1.29, 1.82) is 0 Å². The fourth-order valence-electron chi connectivity index (χ4n) is 3.97. The lowest BCUT2D eigenvalue weighted by molar-refractivity contribution is 0.330. The zero-order valence-corrected chi connectivity index (χ0v) is 13.8. The molecule has 1 fully saturated rings. The second-order valence-corrected chi connectivity index (χ2v) is 6.64. The molecule has 120 valence electrons. The second kappa shape index (κ2) is 7.02. The Bertz CT molecular complexity index is 752. The first kappa shape index (κ1) is 15.2. The van der Waals surface area contributed by atoms with Gasteiger partial charge in [-0.2, -0.15) is 0 Å². The van der Waals surface area contributed by atoms with Crippen LogP contribution in [0.3, 0.4) is 0 Å². The maximum atomic E-state index is 3.78. The van der Waals surface area contributed by atoms with Crippen molar-refractivity contribution in [1.82, 2.24) is 5.32 Å². The van der Waals surface area contributed by atoms with Crippen LogP contribution in [-0.2, 0) is 0 Å². The number of hydrogen-bond acceptors (Lipinski definition) is 1. The Hall–Kier alpha value is -2.38. The summed E-state index contributed by atoms with van der Waals surface area (Å²) in [5, 5.41) is 3.78. The molecule has 24 heavy (non-hydrogen) atoms. The molecule has 1 aliphatic rings. The van der Waals surface area contributed by atoms with E-state index in [-0.39, 0.29) is 0 Å². The van der Waals surface area contributed by atoms with Crippen LogP contribution >= 0.6 is 0 Å². The van der Waals surface area contributed by atoms with Gasteiger partial charge in [0, 0.05) is 18.5 Å². The van der Waals surface area contributed by atoms with Gasteiger partial charge in [-0.05, 0) is 29.0 Å². The lowest BCUT2D eigenvalue weighted by Gasteiger charge is -2.38. The lowest BCUT2D eigenvalue weighted by atomic mass is 9.74. The number of rotatable bonds is 3. The van der Waals surface area contributed by atoms with Gasteiger partial charge in [-0.25, -0.2) is 0 Å². The largest absolute Gasteiger partial charge is 0.309 e. The van der Waals surface area contributed by atoms with E-state index < -0.39 is 0 Å². The van der Waals surface area contributed by atoms with E-state index in [1.54, 1.807) is 0 Å². The van der Waals surface area contributed by atoms with E-state index >= 15 is 0 Å². The maximum absolute atomic E-state index is 3.78. The first-order valence-electron chi connectivity index (χ1n) is 8.80. The zero-order chi connectivity index (χ0) is 16.2. The van der Waals surface area contributed by atoms with Gasteiger partial charge in [0.05, 0.1) is 0 Å². The van der Waals surface area contributed by atoms with E-state index in [2.05, 4.69) is 96.3 Å². The normalized spacial score (nSPS) is 23.8. The van der Waals surface area contributed by atoms with Crippen molar-refractivity contribution in [2.45, 2.75) is 24.3 Å². The zero-order valence-electron chi connectivity index (χ0n) is 13.8. The summed E-state index contributed by atoms with van der Waals surface area (Å²) in [5.41, 5.74) is 4.28. The van der Waals surface area contributed by atoms with Gasteiger partial charge in [0.1, 0.15) is 0 Å². The third kappa shape index (κ3) is 3.13. The van der Waals surface area contributed by atoms with E-state index in [0.717, 1.165) is 13.0 Å². The van der Waals surface area contributed by atoms with Crippen LogP contribution < -0.4 is 5.32 Å². The predicted octanol–water partition coefficient (Wildman–Crippen LogP) is 5.29. The molecule has 1 heteroatoms. The molecule has 4 rings (SSSR count). The Morgan fingerprint density at radius 1 is 0.542 bits per heavy atom. The topological polar surface area (TPSA) is 12.0 Å².